The van der Waals surface area contributed by atoms with E-state index in [4.69, 9.17) is 0 Å². The molecule has 1 aromatic carbocycles. The lowest BCUT2D eigenvalue weighted by Crippen LogP contribution is -1.85. The maximum atomic E-state index is 10.2. The number of hydrogen-bond acceptors (Lipinski definition) is 2. The Morgan fingerprint density at radius 2 is 2.13 bits per heavy atom. The summed E-state index contributed by atoms with van der Waals surface area (Å²) < 4.78 is 0. The quantitative estimate of drug-likeness (QED) is 0.623. The fraction of sp³-hybridized carbons (Fsp3) is 0.364. The van der Waals surface area contributed by atoms with Gasteiger partial charge in [0.15, 0.2) is 5.16 Å². The zero-order valence-electron chi connectivity index (χ0n) is 8.40. The lowest BCUT2D eigenvalue weighted by atomic mass is 10.3. The smallest absolute Gasteiger partial charge is 0.166 e. The van der Waals surface area contributed by atoms with Gasteiger partial charge in [-0.05, 0) is 25.0 Å². The van der Waals surface area contributed by atoms with E-state index in [-0.39, 0.29) is 6.61 Å². The fourth-order valence-corrected chi connectivity index (χ4v) is 2.26. The molecule has 2 aromatic rings. The summed E-state index contributed by atoms with van der Waals surface area (Å²) in [5, 5.41) is 11.2. The first kappa shape index (κ1) is 10.5. The summed E-state index contributed by atoms with van der Waals surface area (Å²) in [6, 6.07) is 7.99. The first-order valence-electron chi connectivity index (χ1n) is 5.06. The molecule has 1 N–H and O–H groups in total. The van der Waals surface area contributed by atoms with Crippen LogP contribution in [0.5, 0.6) is 0 Å². The molecule has 1 radical (unpaired) electrons. The van der Waals surface area contributed by atoms with Crippen LogP contribution in [0.25, 0.3) is 11.0 Å². The molecule has 1 aromatic heterocycles. The summed E-state index contributed by atoms with van der Waals surface area (Å²) in [5.74, 6) is 0.960. The molecular formula is C11H13N2OS. The van der Waals surface area contributed by atoms with Gasteiger partial charge in [0.1, 0.15) is 0 Å². The first-order chi connectivity index (χ1) is 7.40. The summed E-state index contributed by atoms with van der Waals surface area (Å²) in [5.41, 5.74) is 2.08. The molecule has 0 saturated heterocycles. The van der Waals surface area contributed by atoms with Crippen molar-refractivity contribution in [3.63, 3.8) is 0 Å². The number of H-pyrrole nitrogens is 1. The van der Waals surface area contributed by atoms with Crippen LogP contribution in [-0.2, 0) is 5.11 Å². The normalized spacial score (nSPS) is 11.0. The molecule has 0 spiro atoms. The van der Waals surface area contributed by atoms with E-state index < -0.39 is 0 Å². The minimum absolute atomic E-state index is 0.0285. The molecular weight excluding hydrogens is 208 g/mol. The van der Waals surface area contributed by atoms with Gasteiger partial charge in [0, 0.05) is 5.75 Å². The minimum atomic E-state index is 0.0285. The van der Waals surface area contributed by atoms with Crippen LogP contribution in [0, 0.1) is 0 Å². The maximum absolute atomic E-state index is 10.2. The highest BCUT2D eigenvalue weighted by molar-refractivity contribution is 7.99. The number of rotatable bonds is 5. The van der Waals surface area contributed by atoms with Crippen LogP contribution in [-0.4, -0.2) is 22.3 Å². The van der Waals surface area contributed by atoms with Crippen LogP contribution in [0.2, 0.25) is 0 Å². The molecule has 4 heteroatoms. The van der Waals surface area contributed by atoms with Crippen molar-refractivity contribution in [1.82, 2.24) is 9.97 Å². The van der Waals surface area contributed by atoms with Crippen LogP contribution in [0.3, 0.4) is 0 Å². The van der Waals surface area contributed by atoms with Crippen molar-refractivity contribution < 1.29 is 5.11 Å². The molecule has 3 nitrogen and oxygen atoms in total. The zero-order valence-corrected chi connectivity index (χ0v) is 9.22. The van der Waals surface area contributed by atoms with Gasteiger partial charge in [-0.15, -0.1) is 0 Å². The molecule has 0 amide bonds. The van der Waals surface area contributed by atoms with Crippen LogP contribution < -0.4 is 0 Å². The van der Waals surface area contributed by atoms with Gasteiger partial charge in [-0.3, -0.25) is 0 Å². The molecule has 0 fully saturated rings. The summed E-state index contributed by atoms with van der Waals surface area (Å²) in [4.78, 5) is 7.69. The molecule has 15 heavy (non-hydrogen) atoms. The number of imidazole rings is 1. The molecule has 79 valence electrons. The average molecular weight is 221 g/mol. The highest BCUT2D eigenvalue weighted by Crippen LogP contribution is 2.19. The SMILES string of the molecule is [O]CCCCSc1nc2ccccc2[nH]1. The van der Waals surface area contributed by atoms with Crippen LogP contribution in [0.4, 0.5) is 0 Å². The molecule has 0 aliphatic carbocycles. The Labute approximate surface area is 92.9 Å². The number of fused-ring (bicyclic) bond motifs is 1. The van der Waals surface area contributed by atoms with E-state index >= 15 is 0 Å². The van der Waals surface area contributed by atoms with E-state index in [0.29, 0.717) is 0 Å². The monoisotopic (exact) mass is 221 g/mol. The largest absolute Gasteiger partial charge is 0.333 e. The third kappa shape index (κ3) is 2.73. The molecule has 0 atom stereocenters. The van der Waals surface area contributed by atoms with E-state index in [0.717, 1.165) is 34.8 Å². The second-order valence-electron chi connectivity index (χ2n) is 3.32. The lowest BCUT2D eigenvalue weighted by Gasteiger charge is -1.94. The summed E-state index contributed by atoms with van der Waals surface area (Å²) in [7, 11) is 0. The highest BCUT2D eigenvalue weighted by atomic mass is 32.2. The number of nitrogens with zero attached hydrogens (tertiary/aromatic N) is 1. The van der Waals surface area contributed by atoms with Crippen LogP contribution in [0.1, 0.15) is 12.8 Å². The van der Waals surface area contributed by atoms with Gasteiger partial charge in [0.2, 0.25) is 0 Å². The number of thioether (sulfide) groups is 1. The van der Waals surface area contributed by atoms with Crippen molar-refractivity contribution >= 4 is 22.8 Å². The van der Waals surface area contributed by atoms with Crippen molar-refractivity contribution in [2.24, 2.45) is 0 Å². The topological polar surface area (TPSA) is 48.6 Å². The predicted octanol–water partition coefficient (Wildman–Crippen LogP) is 2.87. The van der Waals surface area contributed by atoms with Gasteiger partial charge in [0.25, 0.3) is 0 Å². The fourth-order valence-electron chi connectivity index (χ4n) is 1.37. The molecule has 0 saturated carbocycles. The Morgan fingerprint density at radius 3 is 2.93 bits per heavy atom. The second-order valence-corrected chi connectivity index (χ2v) is 4.40. The standard InChI is InChI=1S/C11H13N2OS/c14-7-3-4-8-15-11-12-9-5-1-2-6-10(9)13-11/h1-2,5-6H,3-4,7-8H2,(H,12,13). The lowest BCUT2D eigenvalue weighted by molar-refractivity contribution is 0.188. The van der Waals surface area contributed by atoms with E-state index in [1.54, 1.807) is 11.8 Å². The van der Waals surface area contributed by atoms with Crippen molar-refractivity contribution in [3.8, 4) is 0 Å². The molecule has 0 aliphatic heterocycles. The average Bonchev–Trinajstić information content (AvgIpc) is 2.67. The van der Waals surface area contributed by atoms with Crippen molar-refractivity contribution in [2.75, 3.05) is 12.4 Å². The minimum Gasteiger partial charge on any atom is -0.333 e. The van der Waals surface area contributed by atoms with Crippen molar-refractivity contribution in [2.45, 2.75) is 18.0 Å². The van der Waals surface area contributed by atoms with Crippen molar-refractivity contribution in [3.05, 3.63) is 24.3 Å². The Bertz CT molecular complexity index is 394. The zero-order chi connectivity index (χ0) is 10.5. The van der Waals surface area contributed by atoms with Crippen LogP contribution >= 0.6 is 11.8 Å². The molecule has 0 unspecified atom stereocenters. The Hall–Kier alpha value is -1.00. The van der Waals surface area contributed by atoms with Crippen molar-refractivity contribution in [1.29, 1.82) is 0 Å². The molecule has 0 bridgehead atoms. The number of nitrogens with one attached hydrogen (secondary N) is 1. The highest BCUT2D eigenvalue weighted by Gasteiger charge is 2.01. The predicted molar refractivity (Wildman–Crippen MR) is 61.6 cm³/mol. The van der Waals surface area contributed by atoms with Crippen LogP contribution in [0.15, 0.2) is 29.4 Å². The maximum Gasteiger partial charge on any atom is 0.166 e. The number of benzene rings is 1. The Balaban J connectivity index is 1.97. The summed E-state index contributed by atoms with van der Waals surface area (Å²) >= 11 is 1.68. The van der Waals surface area contributed by atoms with E-state index in [1.165, 1.54) is 0 Å². The van der Waals surface area contributed by atoms with Gasteiger partial charge in [0.05, 0.1) is 17.6 Å². The van der Waals surface area contributed by atoms with Gasteiger partial charge >= 0.3 is 0 Å². The van der Waals surface area contributed by atoms with E-state index in [9.17, 15) is 5.11 Å². The molecule has 1 heterocycles. The van der Waals surface area contributed by atoms with Gasteiger partial charge in [-0.25, -0.2) is 10.1 Å². The summed E-state index contributed by atoms with van der Waals surface area (Å²) in [6.07, 6.45) is 1.72. The molecule has 2 rings (SSSR count). The second kappa shape index (κ2) is 5.19. The van der Waals surface area contributed by atoms with Gasteiger partial charge < -0.3 is 4.98 Å². The molecule has 0 aliphatic rings. The van der Waals surface area contributed by atoms with E-state index in [2.05, 4.69) is 9.97 Å². The van der Waals surface area contributed by atoms with Gasteiger partial charge in [-0.1, -0.05) is 23.9 Å². The number of aromatic amines is 1. The van der Waals surface area contributed by atoms with E-state index in [1.807, 2.05) is 24.3 Å². The third-order valence-electron chi connectivity index (χ3n) is 2.15. The van der Waals surface area contributed by atoms with Gasteiger partial charge in [-0.2, -0.15) is 0 Å². The number of hydrogen-bond donors (Lipinski definition) is 1. The Kier molecular flexibility index (Phi) is 3.64. The number of unbranched alkanes of at least 4 members (excludes halogenated alkanes) is 1. The Morgan fingerprint density at radius 1 is 1.27 bits per heavy atom. The number of para-hydroxylation sites is 2. The summed E-state index contributed by atoms with van der Waals surface area (Å²) in [6.45, 7) is 0.0285. The first-order valence-corrected chi connectivity index (χ1v) is 6.04. The number of aromatic nitrogens is 2. The third-order valence-corrected chi connectivity index (χ3v) is 3.10.